The van der Waals surface area contributed by atoms with Crippen LogP contribution in [0.5, 0.6) is 0 Å². The van der Waals surface area contributed by atoms with E-state index in [1.165, 1.54) is 17.0 Å². The number of nitrogens with zero attached hydrogens (tertiary/aromatic N) is 2. The van der Waals surface area contributed by atoms with Gasteiger partial charge in [-0.1, -0.05) is 89.4 Å². The summed E-state index contributed by atoms with van der Waals surface area (Å²) in [5, 5.41) is 3.59. The maximum Gasteiger partial charge on any atom is 0.264 e. The molecule has 1 atom stereocenters. The molecule has 4 aromatic carbocycles. The number of hydrogen-bond donors (Lipinski definition) is 1. The molecular formula is C35H37Cl2N3O4S. The molecule has 0 saturated heterocycles. The Morgan fingerprint density at radius 2 is 1.42 bits per heavy atom. The van der Waals surface area contributed by atoms with Crippen molar-refractivity contribution in [1.82, 2.24) is 10.2 Å². The summed E-state index contributed by atoms with van der Waals surface area (Å²) in [6, 6.07) is 26.5. The summed E-state index contributed by atoms with van der Waals surface area (Å²) in [4.78, 5) is 29.8. The highest BCUT2D eigenvalue weighted by Crippen LogP contribution is 2.29. The van der Waals surface area contributed by atoms with Crippen LogP contribution in [-0.4, -0.2) is 43.8 Å². The first kappa shape index (κ1) is 34.0. The number of carbonyl (C=O) groups excluding carboxylic acids is 2. The Kier molecular flexibility index (Phi) is 11.3. The summed E-state index contributed by atoms with van der Waals surface area (Å²) in [6.45, 7) is 6.70. The first-order valence-corrected chi connectivity index (χ1v) is 16.8. The molecule has 0 saturated carbocycles. The SMILES string of the molecule is Cc1ccc(S(=O)(=O)N(CC(=O)N(Cc2c(Cl)cccc2Cl)[C@H](Cc2ccccc2)C(=O)NC(C)C)c2cccc(C)c2)cc1. The summed E-state index contributed by atoms with van der Waals surface area (Å²) in [6.07, 6.45) is 0.183. The normalized spacial score (nSPS) is 12.1. The van der Waals surface area contributed by atoms with Crippen LogP contribution in [0.4, 0.5) is 5.69 Å². The maximum atomic E-state index is 14.5. The lowest BCUT2D eigenvalue weighted by Crippen LogP contribution is -2.54. The van der Waals surface area contributed by atoms with Crippen molar-refractivity contribution in [3.63, 3.8) is 0 Å². The number of hydrogen-bond acceptors (Lipinski definition) is 4. The van der Waals surface area contributed by atoms with Crippen molar-refractivity contribution in [2.24, 2.45) is 0 Å². The fraction of sp³-hybridized carbons (Fsp3) is 0.257. The number of carbonyl (C=O) groups is 2. The standard InChI is InChI=1S/C35H37Cl2N3O4S/c1-24(2)38-35(42)33(21-27-11-6-5-7-12-27)39(22-30-31(36)14-9-15-32(30)37)34(41)23-40(28-13-8-10-26(4)20-28)45(43,44)29-18-16-25(3)17-19-29/h5-20,24,33H,21-23H2,1-4H3,(H,38,42)/t33-/m1/s1. The third-order valence-corrected chi connectivity index (χ3v) is 9.77. The van der Waals surface area contributed by atoms with Crippen molar-refractivity contribution in [2.75, 3.05) is 10.8 Å². The first-order chi connectivity index (χ1) is 21.4. The van der Waals surface area contributed by atoms with E-state index in [2.05, 4.69) is 5.32 Å². The molecule has 0 aliphatic heterocycles. The van der Waals surface area contributed by atoms with E-state index in [0.717, 1.165) is 21.0 Å². The molecule has 0 aliphatic carbocycles. The van der Waals surface area contributed by atoms with Gasteiger partial charge in [0.15, 0.2) is 0 Å². The van der Waals surface area contributed by atoms with Crippen LogP contribution in [0.25, 0.3) is 0 Å². The molecule has 4 rings (SSSR count). The van der Waals surface area contributed by atoms with E-state index in [9.17, 15) is 18.0 Å². The zero-order valence-electron chi connectivity index (χ0n) is 25.7. The quantitative estimate of drug-likeness (QED) is 0.177. The van der Waals surface area contributed by atoms with Crippen molar-refractivity contribution in [2.45, 2.75) is 57.6 Å². The maximum absolute atomic E-state index is 14.5. The minimum Gasteiger partial charge on any atom is -0.352 e. The van der Waals surface area contributed by atoms with Gasteiger partial charge in [0, 0.05) is 34.6 Å². The second-order valence-electron chi connectivity index (χ2n) is 11.3. The molecule has 0 heterocycles. The third kappa shape index (κ3) is 8.66. The van der Waals surface area contributed by atoms with Crippen molar-refractivity contribution in [3.8, 4) is 0 Å². The van der Waals surface area contributed by atoms with Crippen LogP contribution in [0.2, 0.25) is 10.0 Å². The molecule has 10 heteroatoms. The van der Waals surface area contributed by atoms with Crippen molar-refractivity contribution in [3.05, 3.63) is 129 Å². The van der Waals surface area contributed by atoms with Crippen molar-refractivity contribution >= 4 is 50.7 Å². The van der Waals surface area contributed by atoms with E-state index in [0.29, 0.717) is 21.3 Å². The van der Waals surface area contributed by atoms with Gasteiger partial charge in [0.2, 0.25) is 11.8 Å². The summed E-state index contributed by atoms with van der Waals surface area (Å²) >= 11 is 13.1. The van der Waals surface area contributed by atoms with Gasteiger partial charge in [-0.3, -0.25) is 13.9 Å². The van der Waals surface area contributed by atoms with E-state index in [-0.39, 0.29) is 29.8 Å². The third-order valence-electron chi connectivity index (χ3n) is 7.27. The number of aryl methyl sites for hydroxylation is 2. The van der Waals surface area contributed by atoms with Gasteiger partial charge in [-0.05, 0) is 75.2 Å². The van der Waals surface area contributed by atoms with Gasteiger partial charge in [-0.25, -0.2) is 8.42 Å². The van der Waals surface area contributed by atoms with Crippen LogP contribution >= 0.6 is 23.2 Å². The number of amides is 2. The van der Waals surface area contributed by atoms with Crippen LogP contribution < -0.4 is 9.62 Å². The highest BCUT2D eigenvalue weighted by Gasteiger charge is 2.35. The monoisotopic (exact) mass is 665 g/mol. The number of rotatable bonds is 12. The molecule has 0 bridgehead atoms. The van der Waals surface area contributed by atoms with E-state index in [1.807, 2.05) is 64.1 Å². The predicted octanol–water partition coefficient (Wildman–Crippen LogP) is 6.97. The van der Waals surface area contributed by atoms with Crippen LogP contribution in [0.3, 0.4) is 0 Å². The highest BCUT2D eigenvalue weighted by molar-refractivity contribution is 7.92. The highest BCUT2D eigenvalue weighted by atomic mass is 35.5. The van der Waals surface area contributed by atoms with Crippen LogP contribution in [0.1, 0.15) is 36.1 Å². The van der Waals surface area contributed by atoms with E-state index >= 15 is 0 Å². The van der Waals surface area contributed by atoms with Crippen molar-refractivity contribution < 1.29 is 18.0 Å². The van der Waals surface area contributed by atoms with Gasteiger partial charge in [0.25, 0.3) is 10.0 Å². The molecule has 0 fully saturated rings. The molecule has 7 nitrogen and oxygen atoms in total. The Labute approximate surface area is 275 Å². The first-order valence-electron chi connectivity index (χ1n) is 14.6. The van der Waals surface area contributed by atoms with Crippen molar-refractivity contribution in [1.29, 1.82) is 0 Å². The van der Waals surface area contributed by atoms with Gasteiger partial charge >= 0.3 is 0 Å². The largest absolute Gasteiger partial charge is 0.352 e. The predicted molar refractivity (Wildman–Crippen MR) is 181 cm³/mol. The summed E-state index contributed by atoms with van der Waals surface area (Å²) in [5.41, 5.74) is 3.32. The Hall–Kier alpha value is -3.85. The Morgan fingerprint density at radius 3 is 2.02 bits per heavy atom. The fourth-order valence-electron chi connectivity index (χ4n) is 4.94. The number of benzene rings is 4. The van der Waals surface area contributed by atoms with Crippen LogP contribution in [-0.2, 0) is 32.6 Å². The fourth-order valence-corrected chi connectivity index (χ4v) is 6.86. The molecular weight excluding hydrogens is 629 g/mol. The van der Waals surface area contributed by atoms with Gasteiger partial charge < -0.3 is 10.2 Å². The summed E-state index contributed by atoms with van der Waals surface area (Å²) in [5.74, 6) is -0.975. The average Bonchev–Trinajstić information content (AvgIpc) is 2.99. The van der Waals surface area contributed by atoms with Crippen LogP contribution in [0, 0.1) is 13.8 Å². The number of sulfonamides is 1. The Morgan fingerprint density at radius 1 is 0.800 bits per heavy atom. The second kappa shape index (κ2) is 15.0. The van der Waals surface area contributed by atoms with Gasteiger partial charge in [-0.15, -0.1) is 0 Å². The zero-order valence-corrected chi connectivity index (χ0v) is 28.0. The number of anilines is 1. The molecule has 0 aromatic heterocycles. The minimum absolute atomic E-state index is 0.0430. The molecule has 45 heavy (non-hydrogen) atoms. The molecule has 0 unspecified atom stereocenters. The van der Waals surface area contributed by atoms with Crippen LogP contribution in [0.15, 0.2) is 102 Å². The summed E-state index contributed by atoms with van der Waals surface area (Å²) < 4.78 is 29.4. The zero-order chi connectivity index (χ0) is 32.7. The topological polar surface area (TPSA) is 86.8 Å². The second-order valence-corrected chi connectivity index (χ2v) is 13.9. The van der Waals surface area contributed by atoms with Gasteiger partial charge in [-0.2, -0.15) is 0 Å². The lowest BCUT2D eigenvalue weighted by molar-refractivity contribution is -0.140. The number of halogens is 2. The van der Waals surface area contributed by atoms with E-state index < -0.39 is 28.5 Å². The average molecular weight is 667 g/mol. The molecule has 0 radical (unpaired) electrons. The minimum atomic E-state index is -4.20. The molecule has 4 aromatic rings. The lowest BCUT2D eigenvalue weighted by atomic mass is 10.0. The molecule has 1 N–H and O–H groups in total. The summed E-state index contributed by atoms with van der Waals surface area (Å²) in [7, 11) is -4.20. The van der Waals surface area contributed by atoms with Gasteiger partial charge in [0.05, 0.1) is 10.6 Å². The van der Waals surface area contributed by atoms with E-state index in [4.69, 9.17) is 23.2 Å². The Balaban J connectivity index is 1.84. The molecule has 236 valence electrons. The van der Waals surface area contributed by atoms with Gasteiger partial charge in [0.1, 0.15) is 12.6 Å². The smallest absolute Gasteiger partial charge is 0.264 e. The van der Waals surface area contributed by atoms with E-state index in [1.54, 1.807) is 48.5 Å². The molecule has 0 spiro atoms. The Bertz CT molecular complexity index is 1730. The lowest BCUT2D eigenvalue weighted by Gasteiger charge is -2.34. The molecule has 0 aliphatic rings. The molecule has 2 amide bonds. The number of nitrogens with one attached hydrogen (secondary N) is 1.